The van der Waals surface area contributed by atoms with Crippen LogP contribution >= 0.6 is 0 Å². The highest BCUT2D eigenvalue weighted by molar-refractivity contribution is 6.24. The lowest BCUT2D eigenvalue weighted by atomic mass is 9.90. The highest BCUT2D eigenvalue weighted by atomic mass is 16.7. The molecule has 0 aliphatic carbocycles. The van der Waals surface area contributed by atoms with Crippen molar-refractivity contribution in [1.82, 2.24) is 0 Å². The minimum atomic E-state index is -0.941. The van der Waals surface area contributed by atoms with Gasteiger partial charge in [-0.1, -0.05) is 48.0 Å². The molecule has 0 bridgehead atoms. The summed E-state index contributed by atoms with van der Waals surface area (Å²) in [4.78, 5) is 46.3. The number of fused-ring (bicyclic) bond motifs is 1. The maximum absolute atomic E-state index is 13.7. The summed E-state index contributed by atoms with van der Waals surface area (Å²) >= 11 is 0. The second-order valence-electron chi connectivity index (χ2n) is 8.35. The number of ether oxygens (including phenoxy) is 1. The van der Waals surface area contributed by atoms with E-state index in [4.69, 9.17) is 9.57 Å². The third kappa shape index (κ3) is 3.64. The van der Waals surface area contributed by atoms with Gasteiger partial charge in [0.1, 0.15) is 5.92 Å². The monoisotopic (exact) mass is 456 g/mol. The SMILES string of the molecule is CCOC(=O)c1ccc(N2C(=O)[C@@H]3[C@@H](ON(c4ccccc4)[C@H]3c3ccc(C)cc3)C2=O)cc1. The van der Waals surface area contributed by atoms with Crippen LogP contribution in [0.1, 0.15) is 34.5 Å². The number of hydrogen-bond donors (Lipinski definition) is 0. The van der Waals surface area contributed by atoms with Gasteiger partial charge in [-0.3, -0.25) is 14.4 Å². The van der Waals surface area contributed by atoms with Gasteiger partial charge in [-0.05, 0) is 55.8 Å². The van der Waals surface area contributed by atoms with E-state index in [1.54, 1.807) is 36.3 Å². The molecule has 3 aromatic carbocycles. The van der Waals surface area contributed by atoms with Crippen molar-refractivity contribution in [2.45, 2.75) is 26.0 Å². The molecule has 34 heavy (non-hydrogen) atoms. The van der Waals surface area contributed by atoms with Crippen LogP contribution in [0.4, 0.5) is 11.4 Å². The topological polar surface area (TPSA) is 76.2 Å². The van der Waals surface area contributed by atoms with E-state index in [2.05, 4.69) is 0 Å². The van der Waals surface area contributed by atoms with Crippen LogP contribution < -0.4 is 9.96 Å². The Hall–Kier alpha value is -3.97. The van der Waals surface area contributed by atoms with Crippen molar-refractivity contribution in [3.05, 3.63) is 95.6 Å². The maximum Gasteiger partial charge on any atom is 0.338 e. The summed E-state index contributed by atoms with van der Waals surface area (Å²) in [5.74, 6) is -1.91. The standard InChI is InChI=1S/C27H24N2O5/c1-3-33-27(32)19-13-15-20(16-14-19)28-25(30)22-23(18-11-9-17(2)10-12-18)29(34-24(22)26(28)31)21-7-5-4-6-8-21/h4-16,22-24H,3H2,1-2H3/t22-,23-,24+/m0/s1. The van der Waals surface area contributed by atoms with E-state index in [9.17, 15) is 14.4 Å². The fourth-order valence-corrected chi connectivity index (χ4v) is 4.53. The van der Waals surface area contributed by atoms with Gasteiger partial charge in [0.15, 0.2) is 6.10 Å². The van der Waals surface area contributed by atoms with Crippen LogP contribution in [0.15, 0.2) is 78.9 Å². The third-order valence-electron chi connectivity index (χ3n) is 6.18. The van der Waals surface area contributed by atoms with Crippen molar-refractivity contribution in [1.29, 1.82) is 0 Å². The number of nitrogens with zero attached hydrogens (tertiary/aromatic N) is 2. The van der Waals surface area contributed by atoms with Gasteiger partial charge < -0.3 is 4.74 Å². The van der Waals surface area contributed by atoms with E-state index in [-0.39, 0.29) is 12.5 Å². The number of hydrogen-bond acceptors (Lipinski definition) is 6. The molecule has 3 atom stereocenters. The number of anilines is 2. The summed E-state index contributed by atoms with van der Waals surface area (Å²) in [6.07, 6.45) is -0.941. The van der Waals surface area contributed by atoms with Gasteiger partial charge in [-0.15, -0.1) is 0 Å². The smallest absolute Gasteiger partial charge is 0.338 e. The minimum absolute atomic E-state index is 0.267. The number of carbonyl (C=O) groups excluding carboxylic acids is 3. The van der Waals surface area contributed by atoms with Crippen LogP contribution in [0.2, 0.25) is 0 Å². The first-order chi connectivity index (χ1) is 16.5. The zero-order valence-corrected chi connectivity index (χ0v) is 18.9. The zero-order chi connectivity index (χ0) is 23.8. The second kappa shape index (κ2) is 8.76. The van der Waals surface area contributed by atoms with Crippen molar-refractivity contribution < 1.29 is 24.0 Å². The fraction of sp³-hybridized carbons (Fsp3) is 0.222. The lowest BCUT2D eigenvalue weighted by Gasteiger charge is -2.28. The molecule has 0 N–H and O–H groups in total. The lowest BCUT2D eigenvalue weighted by molar-refractivity contribution is -0.126. The van der Waals surface area contributed by atoms with Gasteiger partial charge in [0, 0.05) is 0 Å². The normalized spacial score (nSPS) is 21.6. The second-order valence-corrected chi connectivity index (χ2v) is 8.35. The van der Waals surface area contributed by atoms with Gasteiger partial charge >= 0.3 is 5.97 Å². The summed E-state index contributed by atoms with van der Waals surface area (Å²) in [5.41, 5.74) is 3.52. The lowest BCUT2D eigenvalue weighted by Crippen LogP contribution is -2.37. The number of esters is 1. The Kier molecular flexibility index (Phi) is 5.63. The average Bonchev–Trinajstić information content (AvgIpc) is 3.36. The maximum atomic E-state index is 13.7. The number of benzene rings is 3. The summed E-state index contributed by atoms with van der Waals surface area (Å²) < 4.78 is 5.01. The number of hydroxylamine groups is 1. The van der Waals surface area contributed by atoms with Crippen LogP contribution in [0.5, 0.6) is 0 Å². The van der Waals surface area contributed by atoms with E-state index in [1.807, 2.05) is 61.5 Å². The van der Waals surface area contributed by atoms with Crippen molar-refractivity contribution in [2.24, 2.45) is 5.92 Å². The van der Waals surface area contributed by atoms with Crippen LogP contribution in [0, 0.1) is 12.8 Å². The van der Waals surface area contributed by atoms with E-state index < -0.39 is 29.9 Å². The summed E-state index contributed by atoms with van der Waals surface area (Å²) in [5, 5.41) is 1.68. The molecule has 2 saturated heterocycles. The Balaban J connectivity index is 1.50. The molecular weight excluding hydrogens is 432 g/mol. The van der Waals surface area contributed by atoms with Crippen molar-refractivity contribution in [3.8, 4) is 0 Å². The molecule has 2 amide bonds. The number of para-hydroxylation sites is 1. The zero-order valence-electron chi connectivity index (χ0n) is 18.9. The predicted molar refractivity (Wildman–Crippen MR) is 126 cm³/mol. The first-order valence-corrected chi connectivity index (χ1v) is 11.2. The molecule has 3 aromatic rings. The molecule has 172 valence electrons. The third-order valence-corrected chi connectivity index (χ3v) is 6.18. The highest BCUT2D eigenvalue weighted by Crippen LogP contribution is 2.47. The minimum Gasteiger partial charge on any atom is -0.462 e. The number of amides is 2. The number of carbonyl (C=O) groups is 3. The number of aryl methyl sites for hydroxylation is 1. The Labute approximate surface area is 197 Å². The quantitative estimate of drug-likeness (QED) is 0.423. The van der Waals surface area contributed by atoms with Gasteiger partial charge in [0.2, 0.25) is 5.91 Å². The highest BCUT2D eigenvalue weighted by Gasteiger charge is 2.60. The first kappa shape index (κ1) is 21.9. The number of rotatable bonds is 5. The first-order valence-electron chi connectivity index (χ1n) is 11.2. The average molecular weight is 456 g/mol. The summed E-state index contributed by atoms with van der Waals surface area (Å²) in [6, 6.07) is 23.2. The van der Waals surface area contributed by atoms with E-state index >= 15 is 0 Å². The van der Waals surface area contributed by atoms with Gasteiger partial charge in [0.05, 0.1) is 29.6 Å². The molecule has 0 radical (unpaired) electrons. The van der Waals surface area contributed by atoms with E-state index in [1.165, 1.54) is 0 Å². The Morgan fingerprint density at radius 1 is 0.882 bits per heavy atom. The largest absolute Gasteiger partial charge is 0.462 e. The van der Waals surface area contributed by atoms with Crippen LogP contribution in [-0.2, 0) is 19.2 Å². The summed E-state index contributed by atoms with van der Waals surface area (Å²) in [6.45, 7) is 4.00. The Morgan fingerprint density at radius 3 is 2.21 bits per heavy atom. The van der Waals surface area contributed by atoms with Crippen molar-refractivity contribution in [2.75, 3.05) is 16.6 Å². The van der Waals surface area contributed by atoms with Crippen molar-refractivity contribution in [3.63, 3.8) is 0 Å². The molecule has 0 aromatic heterocycles. The molecule has 2 fully saturated rings. The van der Waals surface area contributed by atoms with Crippen LogP contribution in [0.3, 0.4) is 0 Å². The van der Waals surface area contributed by atoms with E-state index in [0.717, 1.165) is 21.7 Å². The Bertz CT molecular complexity index is 1220. The molecule has 2 heterocycles. The molecule has 0 saturated carbocycles. The molecule has 7 heteroatoms. The molecule has 0 spiro atoms. The van der Waals surface area contributed by atoms with E-state index in [0.29, 0.717) is 11.3 Å². The molecule has 5 rings (SSSR count). The summed E-state index contributed by atoms with van der Waals surface area (Å²) in [7, 11) is 0. The molecule has 2 aliphatic heterocycles. The number of imide groups is 1. The molecule has 7 nitrogen and oxygen atoms in total. The molecule has 0 unspecified atom stereocenters. The fourth-order valence-electron chi connectivity index (χ4n) is 4.53. The van der Waals surface area contributed by atoms with Crippen LogP contribution in [0.25, 0.3) is 0 Å². The Morgan fingerprint density at radius 2 is 1.56 bits per heavy atom. The predicted octanol–water partition coefficient (Wildman–Crippen LogP) is 4.22. The van der Waals surface area contributed by atoms with Gasteiger partial charge in [-0.25, -0.2) is 14.8 Å². The molecular formula is C27H24N2O5. The van der Waals surface area contributed by atoms with Gasteiger partial charge in [-0.2, -0.15) is 0 Å². The van der Waals surface area contributed by atoms with Gasteiger partial charge in [0.25, 0.3) is 5.91 Å². The van der Waals surface area contributed by atoms with Crippen molar-refractivity contribution >= 4 is 29.2 Å². The van der Waals surface area contributed by atoms with Crippen LogP contribution in [-0.4, -0.2) is 30.5 Å². The molecule has 2 aliphatic rings.